The maximum absolute atomic E-state index is 13.1. The number of benzene rings is 2. The Bertz CT molecular complexity index is 533. The minimum atomic E-state index is -0.411. The van der Waals surface area contributed by atoms with Crippen LogP contribution in [0.15, 0.2) is 36.4 Å². The molecule has 0 unspecified atom stereocenters. The molecule has 2 rings (SSSR count). The van der Waals surface area contributed by atoms with Crippen LogP contribution in [0.3, 0.4) is 0 Å². The van der Waals surface area contributed by atoms with E-state index in [0.717, 1.165) is 0 Å². The van der Waals surface area contributed by atoms with Gasteiger partial charge in [0.25, 0.3) is 0 Å². The summed E-state index contributed by atoms with van der Waals surface area (Å²) in [5.74, 6) is -0.680. The van der Waals surface area contributed by atoms with Gasteiger partial charge in [0.1, 0.15) is 11.6 Å². The van der Waals surface area contributed by atoms with E-state index in [0.29, 0.717) is 22.6 Å². The third-order valence-corrected chi connectivity index (χ3v) is 2.37. The Kier molecular flexibility index (Phi) is 2.95. The smallest absolute Gasteiger partial charge is 0.127 e. The van der Waals surface area contributed by atoms with E-state index in [1.165, 1.54) is 18.2 Å². The molecule has 2 nitrogen and oxygen atoms in total. The van der Waals surface area contributed by atoms with Crippen LogP contribution in [-0.4, -0.2) is 0 Å². The topological polar surface area (TPSA) is 38.0 Å². The van der Waals surface area contributed by atoms with Crippen molar-refractivity contribution in [2.24, 2.45) is 0 Å². The first-order valence-electron chi connectivity index (χ1n) is 5.14. The molecule has 0 aliphatic carbocycles. The molecule has 0 aliphatic heterocycles. The predicted octanol–water partition coefficient (Wildman–Crippen LogP) is 3.60. The predicted molar refractivity (Wildman–Crippen MR) is 65.2 cm³/mol. The summed E-state index contributed by atoms with van der Waals surface area (Å²) in [6, 6.07) is 8.78. The van der Waals surface area contributed by atoms with E-state index in [1.54, 1.807) is 25.1 Å². The lowest BCUT2D eigenvalue weighted by atomic mass is 10.2. The number of nitrogens with one attached hydrogen (secondary N) is 1. The van der Waals surface area contributed by atoms with Crippen LogP contribution in [0.2, 0.25) is 0 Å². The summed E-state index contributed by atoms with van der Waals surface area (Å²) in [6.45, 7) is 1.67. The average molecular weight is 234 g/mol. The Morgan fingerprint density at radius 2 is 1.76 bits per heavy atom. The highest BCUT2D eigenvalue weighted by atomic mass is 19.1. The van der Waals surface area contributed by atoms with Crippen LogP contribution in [0.4, 0.5) is 25.8 Å². The van der Waals surface area contributed by atoms with E-state index in [1.807, 2.05) is 0 Å². The summed E-state index contributed by atoms with van der Waals surface area (Å²) in [6.07, 6.45) is 0. The molecule has 0 radical (unpaired) electrons. The van der Waals surface area contributed by atoms with Gasteiger partial charge in [-0.15, -0.1) is 0 Å². The second-order valence-electron chi connectivity index (χ2n) is 3.86. The summed E-state index contributed by atoms with van der Waals surface area (Å²) in [7, 11) is 0. The number of nitrogen functional groups attached to an aromatic ring is 1. The molecule has 0 saturated heterocycles. The average Bonchev–Trinajstić information content (AvgIpc) is 2.22. The Morgan fingerprint density at radius 1 is 1.00 bits per heavy atom. The van der Waals surface area contributed by atoms with Crippen molar-refractivity contribution in [3.05, 3.63) is 53.6 Å². The van der Waals surface area contributed by atoms with E-state index < -0.39 is 5.82 Å². The van der Waals surface area contributed by atoms with Crippen LogP contribution in [0.5, 0.6) is 0 Å². The summed E-state index contributed by atoms with van der Waals surface area (Å²) < 4.78 is 26.2. The number of anilines is 3. The van der Waals surface area contributed by atoms with Gasteiger partial charge in [0, 0.05) is 17.1 Å². The Labute approximate surface area is 98.1 Å². The number of aryl methyl sites for hydroxylation is 1. The molecule has 0 saturated carbocycles. The van der Waals surface area contributed by atoms with Gasteiger partial charge in [0.15, 0.2) is 0 Å². The van der Waals surface area contributed by atoms with Crippen molar-refractivity contribution in [1.82, 2.24) is 0 Å². The molecule has 0 atom stereocenters. The van der Waals surface area contributed by atoms with Crippen LogP contribution in [-0.2, 0) is 0 Å². The highest BCUT2D eigenvalue weighted by Crippen LogP contribution is 2.22. The van der Waals surface area contributed by atoms with Gasteiger partial charge in [-0.2, -0.15) is 0 Å². The number of nitrogens with two attached hydrogens (primary N) is 1. The van der Waals surface area contributed by atoms with Gasteiger partial charge in [-0.05, 0) is 48.9 Å². The minimum Gasteiger partial charge on any atom is -0.399 e. The van der Waals surface area contributed by atoms with Gasteiger partial charge >= 0.3 is 0 Å². The van der Waals surface area contributed by atoms with Crippen molar-refractivity contribution >= 4 is 17.1 Å². The lowest BCUT2D eigenvalue weighted by Crippen LogP contribution is -1.95. The van der Waals surface area contributed by atoms with Crippen molar-refractivity contribution in [3.63, 3.8) is 0 Å². The Hall–Kier alpha value is -2.10. The molecule has 0 amide bonds. The normalized spacial score (nSPS) is 10.3. The number of hydrogen-bond acceptors (Lipinski definition) is 2. The fourth-order valence-corrected chi connectivity index (χ4v) is 1.57. The van der Waals surface area contributed by atoms with Crippen molar-refractivity contribution in [2.75, 3.05) is 11.1 Å². The van der Waals surface area contributed by atoms with Crippen LogP contribution in [0.25, 0.3) is 0 Å². The van der Waals surface area contributed by atoms with Crippen molar-refractivity contribution in [2.45, 2.75) is 6.92 Å². The molecule has 3 N–H and O–H groups in total. The second kappa shape index (κ2) is 4.41. The molecular formula is C13H12F2N2. The van der Waals surface area contributed by atoms with Gasteiger partial charge in [0.2, 0.25) is 0 Å². The monoisotopic (exact) mass is 234 g/mol. The Balaban J connectivity index is 2.28. The van der Waals surface area contributed by atoms with E-state index in [9.17, 15) is 8.78 Å². The zero-order chi connectivity index (χ0) is 12.4. The highest BCUT2D eigenvalue weighted by Gasteiger charge is 2.01. The summed E-state index contributed by atoms with van der Waals surface area (Å²) in [5.41, 5.74) is 7.62. The van der Waals surface area contributed by atoms with Gasteiger partial charge in [0.05, 0.1) is 0 Å². The third kappa shape index (κ3) is 2.72. The Morgan fingerprint density at radius 3 is 2.41 bits per heavy atom. The SMILES string of the molecule is Cc1cc(Nc2cc(N)cc(F)c2)ccc1F. The lowest BCUT2D eigenvalue weighted by molar-refractivity contribution is 0.618. The molecule has 88 valence electrons. The number of halogens is 2. The fourth-order valence-electron chi connectivity index (χ4n) is 1.57. The summed E-state index contributed by atoms with van der Waals surface area (Å²) in [4.78, 5) is 0. The van der Waals surface area contributed by atoms with E-state index >= 15 is 0 Å². The van der Waals surface area contributed by atoms with Crippen LogP contribution in [0, 0.1) is 18.6 Å². The van der Waals surface area contributed by atoms with E-state index in [-0.39, 0.29) is 5.82 Å². The van der Waals surface area contributed by atoms with E-state index in [2.05, 4.69) is 5.32 Å². The molecule has 17 heavy (non-hydrogen) atoms. The molecule has 2 aromatic rings. The molecule has 2 aromatic carbocycles. The van der Waals surface area contributed by atoms with Gasteiger partial charge in [-0.25, -0.2) is 8.78 Å². The molecule has 0 heterocycles. The third-order valence-electron chi connectivity index (χ3n) is 2.37. The first-order chi connectivity index (χ1) is 8.04. The molecule has 0 fully saturated rings. The maximum atomic E-state index is 13.1. The van der Waals surface area contributed by atoms with Crippen molar-refractivity contribution < 1.29 is 8.78 Å². The molecule has 0 aromatic heterocycles. The summed E-state index contributed by atoms with van der Waals surface area (Å²) >= 11 is 0. The van der Waals surface area contributed by atoms with E-state index in [4.69, 9.17) is 5.73 Å². The quantitative estimate of drug-likeness (QED) is 0.779. The van der Waals surface area contributed by atoms with Crippen molar-refractivity contribution in [1.29, 1.82) is 0 Å². The standard InChI is InChI=1S/C13H12F2N2/c1-8-4-11(2-3-13(8)15)17-12-6-9(14)5-10(16)7-12/h2-7,17H,16H2,1H3. The van der Waals surface area contributed by atoms with Crippen LogP contribution >= 0.6 is 0 Å². The number of rotatable bonds is 2. The van der Waals surface area contributed by atoms with Crippen LogP contribution in [0.1, 0.15) is 5.56 Å². The zero-order valence-electron chi connectivity index (χ0n) is 9.30. The van der Waals surface area contributed by atoms with Gasteiger partial charge in [-0.3, -0.25) is 0 Å². The highest BCUT2D eigenvalue weighted by molar-refractivity contribution is 5.64. The zero-order valence-corrected chi connectivity index (χ0v) is 9.30. The fraction of sp³-hybridized carbons (Fsp3) is 0.0769. The van der Waals surface area contributed by atoms with Crippen molar-refractivity contribution in [3.8, 4) is 0 Å². The lowest BCUT2D eigenvalue weighted by Gasteiger charge is -2.08. The minimum absolute atomic E-state index is 0.269. The van der Waals surface area contributed by atoms with Crippen LogP contribution < -0.4 is 11.1 Å². The molecular weight excluding hydrogens is 222 g/mol. The maximum Gasteiger partial charge on any atom is 0.127 e. The number of hydrogen-bond donors (Lipinski definition) is 2. The van der Waals surface area contributed by atoms with Gasteiger partial charge < -0.3 is 11.1 Å². The molecule has 0 aliphatic rings. The largest absolute Gasteiger partial charge is 0.399 e. The van der Waals surface area contributed by atoms with Gasteiger partial charge in [-0.1, -0.05) is 0 Å². The first-order valence-corrected chi connectivity index (χ1v) is 5.14. The first kappa shape index (κ1) is 11.4. The second-order valence-corrected chi connectivity index (χ2v) is 3.86. The molecule has 0 bridgehead atoms. The molecule has 4 heteroatoms. The summed E-state index contributed by atoms with van der Waals surface area (Å²) in [5, 5.41) is 2.97. The molecule has 0 spiro atoms.